The predicted molar refractivity (Wildman–Crippen MR) is 114 cm³/mol. The molecule has 0 atom stereocenters. The lowest BCUT2D eigenvalue weighted by Crippen LogP contribution is -2.45. The van der Waals surface area contributed by atoms with E-state index in [1.807, 2.05) is 6.07 Å². The van der Waals surface area contributed by atoms with Crippen LogP contribution in [0.1, 0.15) is 31.2 Å². The molecular weight excluding hydrogens is 432 g/mol. The van der Waals surface area contributed by atoms with Gasteiger partial charge < -0.3 is 15.0 Å². The SMILES string of the molecule is N#Cc1ccc(OC2CCC(NC(=O)CN3CCN(c4ccc(F)c(F)c4)C3=O)CC2)nc1. The molecule has 0 unspecified atom stereocenters. The van der Waals surface area contributed by atoms with Crippen LogP contribution in [0.25, 0.3) is 0 Å². The number of pyridine rings is 1. The van der Waals surface area contributed by atoms with Gasteiger partial charge in [0.25, 0.3) is 0 Å². The summed E-state index contributed by atoms with van der Waals surface area (Å²) < 4.78 is 32.5. The fraction of sp³-hybridized carbons (Fsp3) is 0.391. The standard InChI is InChI=1S/C23H23F2N5O3/c24-19-7-4-17(11-20(19)25)30-10-9-29(23(30)32)14-21(31)28-16-2-5-18(6-3-16)33-22-8-1-15(12-26)13-27-22/h1,4,7-8,11,13,16,18H,2-3,5-6,9-10,14H2,(H,28,31). The average molecular weight is 455 g/mol. The van der Waals surface area contributed by atoms with Gasteiger partial charge in [0.1, 0.15) is 18.7 Å². The van der Waals surface area contributed by atoms with Crippen LogP contribution in [-0.2, 0) is 4.79 Å². The lowest BCUT2D eigenvalue weighted by atomic mass is 9.93. The zero-order valence-electron chi connectivity index (χ0n) is 17.8. The third-order valence-electron chi connectivity index (χ3n) is 5.84. The number of halogens is 2. The van der Waals surface area contributed by atoms with Crippen LogP contribution in [0, 0.1) is 23.0 Å². The lowest BCUT2D eigenvalue weighted by molar-refractivity contribution is -0.122. The van der Waals surface area contributed by atoms with Crippen LogP contribution >= 0.6 is 0 Å². The first-order valence-electron chi connectivity index (χ1n) is 10.8. The maximum Gasteiger partial charge on any atom is 0.325 e. The number of aromatic nitrogens is 1. The number of ether oxygens (including phenoxy) is 1. The highest BCUT2D eigenvalue weighted by Gasteiger charge is 2.32. The van der Waals surface area contributed by atoms with Crippen LogP contribution in [0.2, 0.25) is 0 Å². The number of benzene rings is 1. The molecule has 10 heteroatoms. The van der Waals surface area contributed by atoms with E-state index in [1.165, 1.54) is 22.1 Å². The van der Waals surface area contributed by atoms with E-state index in [0.717, 1.165) is 37.8 Å². The van der Waals surface area contributed by atoms with Crippen molar-refractivity contribution in [2.45, 2.75) is 37.8 Å². The van der Waals surface area contributed by atoms with Crippen LogP contribution in [0.5, 0.6) is 5.88 Å². The summed E-state index contributed by atoms with van der Waals surface area (Å²) in [5, 5.41) is 11.8. The largest absolute Gasteiger partial charge is 0.474 e. The highest BCUT2D eigenvalue weighted by Crippen LogP contribution is 2.24. The molecule has 2 fully saturated rings. The van der Waals surface area contributed by atoms with Crippen LogP contribution in [-0.4, -0.2) is 53.6 Å². The van der Waals surface area contributed by atoms with Gasteiger partial charge in [-0.25, -0.2) is 18.6 Å². The number of rotatable bonds is 6. The third-order valence-corrected chi connectivity index (χ3v) is 5.84. The van der Waals surface area contributed by atoms with Gasteiger partial charge >= 0.3 is 6.03 Å². The molecule has 0 spiro atoms. The summed E-state index contributed by atoms with van der Waals surface area (Å²) in [6.45, 7) is 0.525. The van der Waals surface area contributed by atoms with Crippen molar-refractivity contribution in [1.82, 2.24) is 15.2 Å². The number of urea groups is 1. The van der Waals surface area contributed by atoms with Crippen LogP contribution in [0.4, 0.5) is 19.3 Å². The fourth-order valence-electron chi connectivity index (χ4n) is 4.08. The highest BCUT2D eigenvalue weighted by molar-refractivity contribution is 5.96. The van der Waals surface area contributed by atoms with Gasteiger partial charge in [0.15, 0.2) is 11.6 Å². The molecule has 1 saturated heterocycles. The van der Waals surface area contributed by atoms with E-state index >= 15 is 0 Å². The molecule has 2 aliphatic rings. The first-order chi connectivity index (χ1) is 15.9. The van der Waals surface area contributed by atoms with Crippen molar-refractivity contribution in [3.05, 3.63) is 53.7 Å². The Morgan fingerprint density at radius 1 is 1.15 bits per heavy atom. The van der Waals surface area contributed by atoms with Gasteiger partial charge in [-0.2, -0.15) is 5.26 Å². The number of nitriles is 1. The zero-order valence-corrected chi connectivity index (χ0v) is 17.8. The highest BCUT2D eigenvalue weighted by atomic mass is 19.2. The summed E-state index contributed by atoms with van der Waals surface area (Å²) >= 11 is 0. The second-order valence-electron chi connectivity index (χ2n) is 8.11. The average Bonchev–Trinajstić information content (AvgIpc) is 3.17. The van der Waals surface area contributed by atoms with Gasteiger partial charge in [-0.1, -0.05) is 0 Å². The summed E-state index contributed by atoms with van der Waals surface area (Å²) in [5.41, 5.74) is 0.732. The normalized spacial score (nSPS) is 20.5. The number of nitrogens with one attached hydrogen (secondary N) is 1. The lowest BCUT2D eigenvalue weighted by Gasteiger charge is -2.29. The van der Waals surface area contributed by atoms with Crippen molar-refractivity contribution in [2.24, 2.45) is 0 Å². The summed E-state index contributed by atoms with van der Waals surface area (Å²) in [4.78, 5) is 31.9. The Labute approximate surface area is 189 Å². The Kier molecular flexibility index (Phi) is 6.68. The van der Waals surface area contributed by atoms with Crippen molar-refractivity contribution < 1.29 is 23.1 Å². The minimum Gasteiger partial charge on any atom is -0.474 e. The Morgan fingerprint density at radius 3 is 2.61 bits per heavy atom. The molecule has 1 aliphatic heterocycles. The molecule has 0 radical (unpaired) electrons. The Morgan fingerprint density at radius 2 is 1.94 bits per heavy atom. The predicted octanol–water partition coefficient (Wildman–Crippen LogP) is 2.98. The van der Waals surface area contributed by atoms with E-state index in [-0.39, 0.29) is 30.3 Å². The van der Waals surface area contributed by atoms with E-state index in [4.69, 9.17) is 10.00 Å². The topological polar surface area (TPSA) is 98.6 Å². The van der Waals surface area contributed by atoms with E-state index in [9.17, 15) is 18.4 Å². The maximum absolute atomic E-state index is 13.5. The van der Waals surface area contributed by atoms with Gasteiger partial charge in [-0.05, 0) is 43.9 Å². The molecular formula is C23H23F2N5O3. The Bertz CT molecular complexity index is 1060. The molecule has 172 valence electrons. The molecule has 3 amide bonds. The number of carbonyl (C=O) groups excluding carboxylic acids is 2. The van der Waals surface area contributed by atoms with Gasteiger partial charge in [-0.3, -0.25) is 9.69 Å². The number of nitrogens with zero attached hydrogens (tertiary/aromatic N) is 4. The molecule has 1 aliphatic carbocycles. The second kappa shape index (κ2) is 9.81. The van der Waals surface area contributed by atoms with Gasteiger partial charge in [-0.15, -0.1) is 0 Å². The van der Waals surface area contributed by atoms with Crippen molar-refractivity contribution in [1.29, 1.82) is 5.26 Å². The van der Waals surface area contributed by atoms with E-state index in [1.54, 1.807) is 12.1 Å². The molecule has 1 saturated carbocycles. The quantitative estimate of drug-likeness (QED) is 0.722. The summed E-state index contributed by atoms with van der Waals surface area (Å²) in [6.07, 6.45) is 4.43. The Balaban J connectivity index is 1.22. The third kappa shape index (κ3) is 5.37. The van der Waals surface area contributed by atoms with Crippen LogP contribution < -0.4 is 15.0 Å². The molecule has 1 aromatic carbocycles. The van der Waals surface area contributed by atoms with Crippen LogP contribution in [0.3, 0.4) is 0 Å². The van der Waals surface area contributed by atoms with E-state index in [2.05, 4.69) is 10.3 Å². The molecule has 0 bridgehead atoms. The van der Waals surface area contributed by atoms with Crippen molar-refractivity contribution in [3.8, 4) is 11.9 Å². The number of hydrogen-bond donors (Lipinski definition) is 1. The minimum atomic E-state index is -1.02. The Hall–Kier alpha value is -3.74. The van der Waals surface area contributed by atoms with Crippen molar-refractivity contribution in [2.75, 3.05) is 24.5 Å². The molecule has 8 nitrogen and oxygen atoms in total. The smallest absolute Gasteiger partial charge is 0.325 e. The number of hydrogen-bond acceptors (Lipinski definition) is 5. The van der Waals surface area contributed by atoms with Crippen molar-refractivity contribution in [3.63, 3.8) is 0 Å². The summed E-state index contributed by atoms with van der Waals surface area (Å²) in [6, 6.07) is 8.21. The number of anilines is 1. The second-order valence-corrected chi connectivity index (χ2v) is 8.11. The zero-order chi connectivity index (χ0) is 23.4. The van der Waals surface area contributed by atoms with Crippen LogP contribution in [0.15, 0.2) is 36.5 Å². The monoisotopic (exact) mass is 455 g/mol. The number of carbonyl (C=O) groups is 2. The number of amides is 3. The fourth-order valence-corrected chi connectivity index (χ4v) is 4.08. The van der Waals surface area contributed by atoms with Gasteiger partial charge in [0.2, 0.25) is 11.8 Å². The molecule has 1 N–H and O–H groups in total. The molecule has 2 heterocycles. The first-order valence-corrected chi connectivity index (χ1v) is 10.8. The molecule has 33 heavy (non-hydrogen) atoms. The van der Waals surface area contributed by atoms with E-state index < -0.39 is 17.7 Å². The van der Waals surface area contributed by atoms with Gasteiger partial charge in [0, 0.05) is 43.1 Å². The first kappa shape index (κ1) is 22.5. The maximum atomic E-state index is 13.5. The van der Waals surface area contributed by atoms with E-state index in [0.29, 0.717) is 24.5 Å². The minimum absolute atomic E-state index is 0.00808. The molecule has 2 aromatic rings. The van der Waals surface area contributed by atoms with Gasteiger partial charge in [0.05, 0.1) is 5.56 Å². The molecule has 4 rings (SSSR count). The molecule has 1 aromatic heterocycles. The summed E-state index contributed by atoms with van der Waals surface area (Å²) in [5.74, 6) is -1.78. The van der Waals surface area contributed by atoms with Crippen molar-refractivity contribution >= 4 is 17.6 Å². The summed E-state index contributed by atoms with van der Waals surface area (Å²) in [7, 11) is 0.